The summed E-state index contributed by atoms with van der Waals surface area (Å²) >= 11 is 0. The van der Waals surface area contributed by atoms with Gasteiger partial charge in [-0.2, -0.15) is 0 Å². The molecule has 1 aliphatic carbocycles. The predicted molar refractivity (Wildman–Crippen MR) is 104 cm³/mol. The van der Waals surface area contributed by atoms with Gasteiger partial charge >= 0.3 is 0 Å². The first kappa shape index (κ1) is 19.0. The lowest BCUT2D eigenvalue weighted by molar-refractivity contribution is -0.118. The van der Waals surface area contributed by atoms with E-state index in [1.165, 1.54) is 12.8 Å². The Balaban J connectivity index is 1.97. The minimum atomic E-state index is -0.131. The van der Waals surface area contributed by atoms with Gasteiger partial charge in [0, 0.05) is 34.4 Å². The maximum Gasteiger partial charge on any atom is 0.160 e. The second-order valence-electron chi connectivity index (χ2n) is 8.31. The van der Waals surface area contributed by atoms with Crippen LogP contribution in [0.25, 0.3) is 5.70 Å². The number of aliphatic hydroxyl groups excluding tert-OH is 1. The zero-order valence-corrected chi connectivity index (χ0v) is 16.2. The number of fused-ring (bicyclic) bond motifs is 1. The van der Waals surface area contributed by atoms with E-state index < -0.39 is 0 Å². The van der Waals surface area contributed by atoms with Gasteiger partial charge < -0.3 is 15.2 Å². The Hall–Kier alpha value is -1.81. The number of methoxy groups -OCH3 is 1. The number of nitrogens with one attached hydrogen (secondary N) is 1. The SMILES string of the molecule is COc1cc2c(cc1CO)/C(=C/C(=O)C1CCCCCC1)NC(C)(C)C2. The highest BCUT2D eigenvalue weighted by Gasteiger charge is 2.30. The average Bonchev–Trinajstić information content (AvgIpc) is 2.89. The summed E-state index contributed by atoms with van der Waals surface area (Å²) in [5.41, 5.74) is 3.66. The van der Waals surface area contributed by atoms with Crippen molar-refractivity contribution in [1.82, 2.24) is 5.32 Å². The standard InChI is InChI=1S/C22H31NO3/c1-22(2)13-16-11-21(26-3)17(14-24)10-18(16)19(23-22)12-20(25)15-8-6-4-5-7-9-15/h10-12,15,23-24H,4-9,13-14H2,1-3H3/b19-12-. The number of benzene rings is 1. The van der Waals surface area contributed by atoms with E-state index in [0.29, 0.717) is 5.75 Å². The number of hydrogen-bond acceptors (Lipinski definition) is 4. The van der Waals surface area contributed by atoms with Gasteiger partial charge in [-0.05, 0) is 50.8 Å². The summed E-state index contributed by atoms with van der Waals surface area (Å²) in [6.45, 7) is 4.21. The molecule has 1 aromatic rings. The number of rotatable bonds is 4. The first-order valence-electron chi connectivity index (χ1n) is 9.78. The summed E-state index contributed by atoms with van der Waals surface area (Å²) in [4.78, 5) is 12.9. The van der Waals surface area contributed by atoms with Crippen molar-refractivity contribution in [1.29, 1.82) is 0 Å². The van der Waals surface area contributed by atoms with Gasteiger partial charge in [0.15, 0.2) is 5.78 Å². The fourth-order valence-corrected chi connectivity index (χ4v) is 4.27. The van der Waals surface area contributed by atoms with Crippen LogP contribution in [0.4, 0.5) is 0 Å². The van der Waals surface area contributed by atoms with Crippen molar-refractivity contribution in [3.63, 3.8) is 0 Å². The maximum atomic E-state index is 12.9. The average molecular weight is 357 g/mol. The van der Waals surface area contributed by atoms with E-state index in [1.807, 2.05) is 18.2 Å². The molecule has 0 unspecified atom stereocenters. The molecule has 0 spiro atoms. The molecule has 1 aromatic carbocycles. The monoisotopic (exact) mass is 357 g/mol. The second kappa shape index (κ2) is 7.83. The highest BCUT2D eigenvalue weighted by molar-refractivity contribution is 5.98. The molecule has 26 heavy (non-hydrogen) atoms. The maximum absolute atomic E-state index is 12.9. The first-order valence-corrected chi connectivity index (χ1v) is 9.78. The second-order valence-corrected chi connectivity index (χ2v) is 8.31. The first-order chi connectivity index (χ1) is 12.4. The molecular formula is C22H31NO3. The molecule has 1 aliphatic heterocycles. The van der Waals surface area contributed by atoms with Crippen molar-refractivity contribution in [2.45, 2.75) is 70.9 Å². The van der Waals surface area contributed by atoms with E-state index >= 15 is 0 Å². The van der Waals surface area contributed by atoms with Gasteiger partial charge in [0.1, 0.15) is 5.75 Å². The molecule has 0 bridgehead atoms. The van der Waals surface area contributed by atoms with E-state index in [-0.39, 0.29) is 23.8 Å². The molecule has 1 heterocycles. The Labute approximate surface area is 156 Å². The number of ether oxygens (including phenoxy) is 1. The molecule has 1 saturated carbocycles. The molecule has 0 aromatic heterocycles. The van der Waals surface area contributed by atoms with Gasteiger partial charge in [0.25, 0.3) is 0 Å². The van der Waals surface area contributed by atoms with Crippen molar-refractivity contribution < 1.29 is 14.6 Å². The Kier molecular flexibility index (Phi) is 5.71. The zero-order chi connectivity index (χ0) is 18.7. The third kappa shape index (κ3) is 4.12. The molecule has 0 radical (unpaired) electrons. The Morgan fingerprint density at radius 2 is 1.96 bits per heavy atom. The largest absolute Gasteiger partial charge is 0.496 e. The summed E-state index contributed by atoms with van der Waals surface area (Å²) in [5, 5.41) is 13.2. The molecule has 0 atom stereocenters. The topological polar surface area (TPSA) is 58.6 Å². The quantitative estimate of drug-likeness (QED) is 0.632. The van der Waals surface area contributed by atoms with Crippen LogP contribution < -0.4 is 10.1 Å². The molecule has 4 heteroatoms. The van der Waals surface area contributed by atoms with E-state index in [4.69, 9.17) is 4.74 Å². The van der Waals surface area contributed by atoms with E-state index in [2.05, 4.69) is 19.2 Å². The van der Waals surface area contributed by atoms with Gasteiger partial charge in [0.2, 0.25) is 0 Å². The minimum Gasteiger partial charge on any atom is -0.496 e. The molecule has 0 amide bonds. The molecule has 1 fully saturated rings. The fourth-order valence-electron chi connectivity index (χ4n) is 4.27. The smallest absolute Gasteiger partial charge is 0.160 e. The summed E-state index contributed by atoms with van der Waals surface area (Å²) < 4.78 is 5.43. The van der Waals surface area contributed by atoms with E-state index in [1.54, 1.807) is 7.11 Å². The normalized spacial score (nSPS) is 21.6. The third-order valence-electron chi connectivity index (χ3n) is 5.62. The van der Waals surface area contributed by atoms with Crippen molar-refractivity contribution >= 4 is 11.5 Å². The molecule has 0 saturated heterocycles. The van der Waals surface area contributed by atoms with Crippen LogP contribution in [0.15, 0.2) is 18.2 Å². The summed E-state index contributed by atoms with van der Waals surface area (Å²) in [7, 11) is 1.62. The molecule has 2 aliphatic rings. The van der Waals surface area contributed by atoms with Crippen molar-refractivity contribution in [2.24, 2.45) is 5.92 Å². The number of ketones is 1. The van der Waals surface area contributed by atoms with Gasteiger partial charge in [-0.25, -0.2) is 0 Å². The number of carbonyl (C=O) groups is 1. The van der Waals surface area contributed by atoms with Crippen molar-refractivity contribution in [3.05, 3.63) is 34.9 Å². The predicted octanol–water partition coefficient (Wildman–Crippen LogP) is 3.99. The van der Waals surface area contributed by atoms with Crippen LogP contribution in [0.2, 0.25) is 0 Å². The van der Waals surface area contributed by atoms with Crippen LogP contribution in [0.5, 0.6) is 5.75 Å². The third-order valence-corrected chi connectivity index (χ3v) is 5.62. The Morgan fingerprint density at radius 3 is 2.58 bits per heavy atom. The van der Waals surface area contributed by atoms with Gasteiger partial charge in [-0.3, -0.25) is 4.79 Å². The highest BCUT2D eigenvalue weighted by Crippen LogP contribution is 2.35. The van der Waals surface area contributed by atoms with E-state index in [9.17, 15) is 9.90 Å². The molecule has 142 valence electrons. The summed E-state index contributed by atoms with van der Waals surface area (Å²) in [6.07, 6.45) is 9.46. The van der Waals surface area contributed by atoms with Gasteiger partial charge in [0.05, 0.1) is 13.7 Å². The number of carbonyl (C=O) groups excluding carboxylic acids is 1. The Morgan fingerprint density at radius 1 is 1.27 bits per heavy atom. The zero-order valence-electron chi connectivity index (χ0n) is 16.2. The van der Waals surface area contributed by atoms with Gasteiger partial charge in [-0.15, -0.1) is 0 Å². The summed E-state index contributed by atoms with van der Waals surface area (Å²) in [5.74, 6) is 1.09. The molecular weight excluding hydrogens is 326 g/mol. The molecule has 3 rings (SSSR count). The van der Waals surface area contributed by atoms with Crippen molar-refractivity contribution in [2.75, 3.05) is 7.11 Å². The van der Waals surface area contributed by atoms with Crippen LogP contribution >= 0.6 is 0 Å². The highest BCUT2D eigenvalue weighted by atomic mass is 16.5. The lowest BCUT2D eigenvalue weighted by atomic mass is 9.84. The molecule has 2 N–H and O–H groups in total. The number of allylic oxidation sites excluding steroid dienone is 1. The minimum absolute atomic E-state index is 0.0797. The lowest BCUT2D eigenvalue weighted by Gasteiger charge is -2.36. The number of aliphatic hydroxyl groups is 1. The van der Waals surface area contributed by atoms with E-state index in [0.717, 1.165) is 54.5 Å². The van der Waals surface area contributed by atoms with Gasteiger partial charge in [-0.1, -0.05) is 25.7 Å². The summed E-state index contributed by atoms with van der Waals surface area (Å²) in [6, 6.07) is 3.97. The van der Waals surface area contributed by atoms with Crippen LogP contribution in [0, 0.1) is 5.92 Å². The Bertz CT molecular complexity index is 698. The van der Waals surface area contributed by atoms with Crippen LogP contribution in [0.1, 0.15) is 69.1 Å². The van der Waals surface area contributed by atoms with Crippen LogP contribution in [-0.4, -0.2) is 23.5 Å². The molecule has 4 nitrogen and oxygen atoms in total. The number of hydrogen-bond donors (Lipinski definition) is 2. The van der Waals surface area contributed by atoms with Crippen LogP contribution in [0.3, 0.4) is 0 Å². The van der Waals surface area contributed by atoms with Crippen molar-refractivity contribution in [3.8, 4) is 5.75 Å². The fraction of sp³-hybridized carbons (Fsp3) is 0.591. The lowest BCUT2D eigenvalue weighted by Crippen LogP contribution is -2.44. The van der Waals surface area contributed by atoms with Crippen LogP contribution in [-0.2, 0) is 17.8 Å².